The molecule has 1 aromatic rings. The molecular weight excluding hydrogens is 236 g/mol. The summed E-state index contributed by atoms with van der Waals surface area (Å²) in [5.41, 5.74) is 0. The maximum absolute atomic E-state index is 5.43. The Morgan fingerprint density at radius 1 is 1.26 bits per heavy atom. The van der Waals surface area contributed by atoms with Crippen molar-refractivity contribution in [2.75, 3.05) is 26.2 Å². The summed E-state index contributed by atoms with van der Waals surface area (Å²) in [5.74, 6) is 3.04. The zero-order valence-corrected chi connectivity index (χ0v) is 12.0. The van der Waals surface area contributed by atoms with E-state index in [9.17, 15) is 0 Å². The molecule has 1 heterocycles. The van der Waals surface area contributed by atoms with E-state index >= 15 is 0 Å². The molecule has 0 aliphatic heterocycles. The minimum absolute atomic E-state index is 0.318. The molecule has 19 heavy (non-hydrogen) atoms. The first-order valence-corrected chi connectivity index (χ1v) is 7.80. The van der Waals surface area contributed by atoms with Crippen LogP contribution in [0.5, 0.6) is 0 Å². The summed E-state index contributed by atoms with van der Waals surface area (Å²) in [5, 5.41) is 3.57. The molecule has 2 fully saturated rings. The molecule has 0 bridgehead atoms. The molecule has 0 aromatic carbocycles. The number of hydrogen-bond donors (Lipinski definition) is 1. The molecule has 3 rings (SSSR count). The Morgan fingerprint density at radius 3 is 2.47 bits per heavy atom. The van der Waals surface area contributed by atoms with E-state index in [0.29, 0.717) is 6.04 Å². The normalized spacial score (nSPS) is 20.9. The van der Waals surface area contributed by atoms with Gasteiger partial charge >= 0.3 is 0 Å². The number of nitrogens with zero attached hydrogens (tertiary/aromatic N) is 1. The fraction of sp³-hybridized carbons (Fsp3) is 0.750. The van der Waals surface area contributed by atoms with Crippen LogP contribution in [-0.2, 0) is 0 Å². The van der Waals surface area contributed by atoms with E-state index in [4.69, 9.17) is 4.42 Å². The van der Waals surface area contributed by atoms with Crippen LogP contribution in [0.25, 0.3) is 0 Å². The predicted octanol–water partition coefficient (Wildman–Crippen LogP) is 3.05. The monoisotopic (exact) mass is 262 g/mol. The lowest BCUT2D eigenvalue weighted by Gasteiger charge is -2.23. The lowest BCUT2D eigenvalue weighted by molar-refractivity contribution is 0.247. The van der Waals surface area contributed by atoms with Gasteiger partial charge in [0.05, 0.1) is 12.3 Å². The average Bonchev–Trinajstić information content (AvgIpc) is 3.32. The van der Waals surface area contributed by atoms with E-state index in [2.05, 4.69) is 17.1 Å². The van der Waals surface area contributed by atoms with Crippen LogP contribution in [0.1, 0.15) is 44.4 Å². The Balaban J connectivity index is 1.38. The van der Waals surface area contributed by atoms with Gasteiger partial charge in [-0.25, -0.2) is 0 Å². The molecule has 0 spiro atoms. The molecule has 0 amide bonds. The fourth-order valence-electron chi connectivity index (χ4n) is 2.67. The molecule has 0 saturated heterocycles. The summed E-state index contributed by atoms with van der Waals surface area (Å²) < 4.78 is 5.43. The molecule has 3 heteroatoms. The van der Waals surface area contributed by atoms with Crippen LogP contribution in [0, 0.1) is 11.8 Å². The molecule has 2 aliphatic carbocycles. The molecular formula is C16H26N2O. The van der Waals surface area contributed by atoms with Gasteiger partial charge in [0.1, 0.15) is 5.76 Å². The number of furan rings is 1. The van der Waals surface area contributed by atoms with Gasteiger partial charge in [0.2, 0.25) is 0 Å². The Morgan fingerprint density at radius 2 is 1.95 bits per heavy atom. The van der Waals surface area contributed by atoms with Gasteiger partial charge < -0.3 is 14.6 Å². The third-order valence-corrected chi connectivity index (χ3v) is 4.28. The molecule has 1 aromatic heterocycles. The standard InChI is InChI=1S/C16H26N2O/c1-13(16-3-2-10-19-16)17-8-9-18(11-14-4-5-14)12-15-6-7-15/h2-3,10,13-15,17H,4-9,11-12H2,1H3. The maximum Gasteiger partial charge on any atom is 0.120 e. The lowest BCUT2D eigenvalue weighted by atomic mass is 10.2. The van der Waals surface area contributed by atoms with Crippen LogP contribution < -0.4 is 5.32 Å². The van der Waals surface area contributed by atoms with E-state index in [0.717, 1.165) is 24.1 Å². The summed E-state index contributed by atoms with van der Waals surface area (Å²) in [6, 6.07) is 4.32. The first kappa shape index (κ1) is 13.2. The van der Waals surface area contributed by atoms with Crippen molar-refractivity contribution >= 4 is 0 Å². The molecule has 106 valence electrons. The van der Waals surface area contributed by atoms with Crippen LogP contribution in [-0.4, -0.2) is 31.1 Å². The van der Waals surface area contributed by atoms with Gasteiger partial charge in [0, 0.05) is 26.2 Å². The van der Waals surface area contributed by atoms with E-state index in [1.54, 1.807) is 6.26 Å². The largest absolute Gasteiger partial charge is 0.468 e. The topological polar surface area (TPSA) is 28.4 Å². The van der Waals surface area contributed by atoms with Crippen LogP contribution >= 0.6 is 0 Å². The molecule has 2 aliphatic rings. The quantitative estimate of drug-likeness (QED) is 0.741. The Hall–Kier alpha value is -0.800. The minimum Gasteiger partial charge on any atom is -0.468 e. The van der Waals surface area contributed by atoms with Crippen molar-refractivity contribution in [2.24, 2.45) is 11.8 Å². The van der Waals surface area contributed by atoms with Gasteiger partial charge in [0.15, 0.2) is 0 Å². The highest BCUT2D eigenvalue weighted by Gasteiger charge is 2.28. The fourth-order valence-corrected chi connectivity index (χ4v) is 2.67. The molecule has 1 atom stereocenters. The molecule has 2 saturated carbocycles. The number of hydrogen-bond acceptors (Lipinski definition) is 3. The Bertz CT molecular complexity index is 354. The highest BCUT2D eigenvalue weighted by molar-refractivity contribution is 5.02. The highest BCUT2D eigenvalue weighted by atomic mass is 16.3. The molecule has 3 nitrogen and oxygen atoms in total. The third-order valence-electron chi connectivity index (χ3n) is 4.28. The van der Waals surface area contributed by atoms with Gasteiger partial charge in [-0.05, 0) is 56.6 Å². The summed E-state index contributed by atoms with van der Waals surface area (Å²) in [4.78, 5) is 2.68. The molecule has 0 radical (unpaired) electrons. The van der Waals surface area contributed by atoms with Crippen molar-refractivity contribution in [2.45, 2.75) is 38.6 Å². The average molecular weight is 262 g/mol. The zero-order chi connectivity index (χ0) is 13.1. The highest BCUT2D eigenvalue weighted by Crippen LogP contribution is 2.33. The van der Waals surface area contributed by atoms with Gasteiger partial charge in [-0.3, -0.25) is 0 Å². The van der Waals surface area contributed by atoms with Crippen molar-refractivity contribution in [3.05, 3.63) is 24.2 Å². The predicted molar refractivity (Wildman–Crippen MR) is 77.0 cm³/mol. The first-order chi connectivity index (χ1) is 9.31. The smallest absolute Gasteiger partial charge is 0.120 e. The molecule has 1 unspecified atom stereocenters. The SMILES string of the molecule is CC(NCCN(CC1CC1)CC1CC1)c1ccco1. The van der Waals surface area contributed by atoms with E-state index < -0.39 is 0 Å². The second-order valence-electron chi connectivity index (χ2n) is 6.34. The van der Waals surface area contributed by atoms with Gasteiger partial charge in [0.25, 0.3) is 0 Å². The minimum atomic E-state index is 0.318. The summed E-state index contributed by atoms with van der Waals surface area (Å²) in [6.07, 6.45) is 7.57. The Kier molecular flexibility index (Phi) is 4.24. The van der Waals surface area contributed by atoms with E-state index in [1.165, 1.54) is 45.3 Å². The van der Waals surface area contributed by atoms with Crippen molar-refractivity contribution in [3.8, 4) is 0 Å². The zero-order valence-electron chi connectivity index (χ0n) is 12.0. The summed E-state index contributed by atoms with van der Waals surface area (Å²) >= 11 is 0. The van der Waals surface area contributed by atoms with E-state index in [-0.39, 0.29) is 0 Å². The second-order valence-corrected chi connectivity index (χ2v) is 6.34. The number of nitrogens with one attached hydrogen (secondary N) is 1. The summed E-state index contributed by atoms with van der Waals surface area (Å²) in [6.45, 7) is 7.06. The Labute approximate surface area is 116 Å². The van der Waals surface area contributed by atoms with Gasteiger partial charge in [-0.15, -0.1) is 0 Å². The third kappa shape index (κ3) is 4.36. The van der Waals surface area contributed by atoms with Crippen molar-refractivity contribution < 1.29 is 4.42 Å². The first-order valence-electron chi connectivity index (χ1n) is 7.80. The van der Waals surface area contributed by atoms with Crippen LogP contribution in [0.2, 0.25) is 0 Å². The van der Waals surface area contributed by atoms with Crippen LogP contribution in [0.15, 0.2) is 22.8 Å². The van der Waals surface area contributed by atoms with Gasteiger partial charge in [-0.1, -0.05) is 0 Å². The lowest BCUT2D eigenvalue weighted by Crippen LogP contribution is -2.35. The van der Waals surface area contributed by atoms with Crippen LogP contribution in [0.3, 0.4) is 0 Å². The summed E-state index contributed by atoms with van der Waals surface area (Å²) in [7, 11) is 0. The van der Waals surface area contributed by atoms with Gasteiger partial charge in [-0.2, -0.15) is 0 Å². The second kappa shape index (κ2) is 6.10. The van der Waals surface area contributed by atoms with Crippen molar-refractivity contribution in [1.82, 2.24) is 10.2 Å². The number of rotatable bonds is 9. The van der Waals surface area contributed by atoms with Crippen molar-refractivity contribution in [1.29, 1.82) is 0 Å². The van der Waals surface area contributed by atoms with Crippen LogP contribution in [0.4, 0.5) is 0 Å². The van der Waals surface area contributed by atoms with Crippen molar-refractivity contribution in [3.63, 3.8) is 0 Å². The van der Waals surface area contributed by atoms with E-state index in [1.807, 2.05) is 12.1 Å². The molecule has 1 N–H and O–H groups in total. The maximum atomic E-state index is 5.43.